The van der Waals surface area contributed by atoms with Crippen LogP contribution < -0.4 is 20.1 Å². The number of halogens is 1. The fourth-order valence-electron chi connectivity index (χ4n) is 2.48. The molecule has 0 spiro atoms. The van der Waals surface area contributed by atoms with Crippen LogP contribution in [0.2, 0.25) is 0 Å². The van der Waals surface area contributed by atoms with Gasteiger partial charge in [-0.25, -0.2) is 4.39 Å². The number of hydrogen-bond acceptors (Lipinski definition) is 5. The zero-order chi connectivity index (χ0) is 18.0. The van der Waals surface area contributed by atoms with Gasteiger partial charge in [0.2, 0.25) is 0 Å². The fourth-order valence-corrected chi connectivity index (χ4v) is 2.48. The van der Waals surface area contributed by atoms with Gasteiger partial charge < -0.3 is 25.2 Å². The molecule has 0 aromatic heterocycles. The summed E-state index contributed by atoms with van der Waals surface area (Å²) in [6, 6.07) is 8.80. The lowest BCUT2D eigenvalue weighted by molar-refractivity contribution is -0.122. The second-order valence-corrected chi connectivity index (χ2v) is 5.94. The molecule has 134 valence electrons. The Labute approximate surface area is 146 Å². The van der Waals surface area contributed by atoms with Gasteiger partial charge in [-0.2, -0.15) is 0 Å². The molecule has 2 aromatic carbocycles. The Morgan fingerprint density at radius 2 is 2.24 bits per heavy atom. The van der Waals surface area contributed by atoms with Gasteiger partial charge in [0.15, 0.2) is 17.6 Å². The number of carbonyl (C=O) groups excluding carboxylic acids is 1. The third-order valence-electron chi connectivity index (χ3n) is 3.59. The molecule has 1 unspecified atom stereocenters. The Morgan fingerprint density at radius 3 is 3.00 bits per heavy atom. The van der Waals surface area contributed by atoms with Gasteiger partial charge in [-0.15, -0.1) is 0 Å². The lowest BCUT2D eigenvalue weighted by Gasteiger charge is -2.27. The molecule has 3 N–H and O–H groups in total. The molecule has 0 saturated heterocycles. The Kier molecular flexibility index (Phi) is 4.65. The summed E-state index contributed by atoms with van der Waals surface area (Å²) in [5.74, 6) is -0.465. The van der Waals surface area contributed by atoms with Crippen LogP contribution in [0, 0.1) is 5.82 Å². The molecular formula is C18H21FN2O4. The van der Waals surface area contributed by atoms with Gasteiger partial charge in [0.25, 0.3) is 5.91 Å². The van der Waals surface area contributed by atoms with E-state index in [-0.39, 0.29) is 31.3 Å². The highest BCUT2D eigenvalue weighted by atomic mass is 19.1. The van der Waals surface area contributed by atoms with Crippen LogP contribution in [0.4, 0.5) is 15.8 Å². The number of para-hydroxylation sites is 1. The molecule has 0 radical (unpaired) electrons. The zero-order valence-electron chi connectivity index (χ0n) is 13.9. The molecule has 6 nitrogen and oxygen atoms in total. The van der Waals surface area contributed by atoms with Gasteiger partial charge in [0.1, 0.15) is 11.6 Å². The summed E-state index contributed by atoms with van der Waals surface area (Å²) in [7, 11) is 0. The summed E-state index contributed by atoms with van der Waals surface area (Å²) in [5, 5.41) is 15.7. The van der Waals surface area contributed by atoms with E-state index < -0.39 is 17.8 Å². The number of anilines is 2. The van der Waals surface area contributed by atoms with Crippen molar-refractivity contribution in [2.75, 3.05) is 17.2 Å². The van der Waals surface area contributed by atoms with E-state index >= 15 is 0 Å². The van der Waals surface area contributed by atoms with Crippen molar-refractivity contribution in [1.29, 1.82) is 0 Å². The van der Waals surface area contributed by atoms with E-state index in [1.165, 1.54) is 18.2 Å². The molecule has 1 aliphatic rings. The van der Waals surface area contributed by atoms with Crippen molar-refractivity contribution in [2.24, 2.45) is 0 Å². The molecule has 2 aromatic rings. The number of phenolic OH excluding ortho intramolecular Hbond substituents is 1. The van der Waals surface area contributed by atoms with E-state index in [9.17, 15) is 14.3 Å². The highest BCUT2D eigenvalue weighted by Crippen LogP contribution is 2.36. The lowest BCUT2D eigenvalue weighted by atomic mass is 10.2. The van der Waals surface area contributed by atoms with Crippen molar-refractivity contribution in [3.8, 4) is 17.2 Å². The molecule has 1 aliphatic heterocycles. The van der Waals surface area contributed by atoms with Crippen LogP contribution in [0.3, 0.4) is 0 Å². The first kappa shape index (κ1) is 16.9. The summed E-state index contributed by atoms with van der Waals surface area (Å²) in [6.45, 7) is 3.87. The average molecular weight is 348 g/mol. The molecule has 7 heteroatoms. The predicted octanol–water partition coefficient (Wildman–Crippen LogP) is 3.38. The van der Waals surface area contributed by atoms with Crippen LogP contribution >= 0.6 is 0 Å². The third-order valence-corrected chi connectivity index (χ3v) is 3.59. The topological polar surface area (TPSA) is 79.8 Å². The number of rotatable bonds is 4. The number of benzene rings is 2. The van der Waals surface area contributed by atoms with Crippen molar-refractivity contribution in [1.82, 2.24) is 0 Å². The summed E-state index contributed by atoms with van der Waals surface area (Å²) in [5.41, 5.74) is 0.971. The summed E-state index contributed by atoms with van der Waals surface area (Å²) in [4.78, 5) is 12.5. The number of ether oxygens (including phenoxy) is 2. The molecule has 3 rings (SSSR count). The van der Waals surface area contributed by atoms with Crippen LogP contribution in [0.25, 0.3) is 0 Å². The van der Waals surface area contributed by atoms with Crippen LogP contribution in [-0.2, 0) is 4.79 Å². The first-order valence-electron chi connectivity index (χ1n) is 7.93. The number of fused-ring (bicyclic) bond motifs is 1. The van der Waals surface area contributed by atoms with Crippen molar-refractivity contribution in [3.63, 3.8) is 0 Å². The monoisotopic (exact) mass is 348 g/mol. The molecule has 1 atom stereocenters. The van der Waals surface area contributed by atoms with Gasteiger partial charge in [-0.05, 0) is 38.1 Å². The molecule has 0 aliphatic carbocycles. The number of amides is 1. The van der Waals surface area contributed by atoms with E-state index in [0.717, 1.165) is 0 Å². The number of hydrogen-bond donors (Lipinski definition) is 3. The predicted molar refractivity (Wildman–Crippen MR) is 93.9 cm³/mol. The van der Waals surface area contributed by atoms with E-state index in [0.29, 0.717) is 11.4 Å². The van der Waals surface area contributed by atoms with Gasteiger partial charge in [0, 0.05) is 7.49 Å². The highest BCUT2D eigenvalue weighted by Gasteiger charge is 2.27. The zero-order valence-corrected chi connectivity index (χ0v) is 13.9. The molecular weight excluding hydrogens is 327 g/mol. The number of carbonyl (C=O) groups is 1. The second-order valence-electron chi connectivity index (χ2n) is 5.94. The Balaban J connectivity index is 0.00000243. The molecule has 1 amide bonds. The smallest absolute Gasteiger partial charge is 0.267 e. The van der Waals surface area contributed by atoms with E-state index in [1.807, 2.05) is 13.8 Å². The molecule has 0 saturated carbocycles. The molecule has 0 bridgehead atoms. The number of phenols is 1. The summed E-state index contributed by atoms with van der Waals surface area (Å²) in [6.07, 6.45) is -1.02. The van der Waals surface area contributed by atoms with Crippen molar-refractivity contribution in [2.45, 2.75) is 26.1 Å². The van der Waals surface area contributed by atoms with Gasteiger partial charge in [-0.3, -0.25) is 4.79 Å². The normalized spacial score (nSPS) is 15.8. The van der Waals surface area contributed by atoms with Crippen LogP contribution in [0.15, 0.2) is 36.4 Å². The van der Waals surface area contributed by atoms with E-state index in [1.54, 1.807) is 18.2 Å². The molecule has 1 heterocycles. The van der Waals surface area contributed by atoms with Crippen LogP contribution in [-0.4, -0.2) is 29.8 Å². The minimum absolute atomic E-state index is 0. The SMILES string of the molecule is CC(C)Oc1c(O)cccc1NC(=O)C1CNc2ccc(F)cc2O1.[HH]. The van der Waals surface area contributed by atoms with Crippen LogP contribution in [0.1, 0.15) is 15.3 Å². The minimum atomic E-state index is -0.844. The third kappa shape index (κ3) is 3.76. The van der Waals surface area contributed by atoms with Crippen molar-refractivity contribution < 1.29 is 25.2 Å². The maximum Gasteiger partial charge on any atom is 0.267 e. The maximum absolute atomic E-state index is 13.3. The Bertz CT molecular complexity index is 801. The average Bonchev–Trinajstić information content (AvgIpc) is 2.57. The first-order chi connectivity index (χ1) is 11.9. The molecule has 0 fully saturated rings. The van der Waals surface area contributed by atoms with Crippen molar-refractivity contribution in [3.05, 3.63) is 42.2 Å². The highest BCUT2D eigenvalue weighted by molar-refractivity contribution is 5.97. The number of nitrogens with one attached hydrogen (secondary N) is 2. The largest absolute Gasteiger partial charge is 0.504 e. The minimum Gasteiger partial charge on any atom is -0.504 e. The first-order valence-corrected chi connectivity index (χ1v) is 7.93. The van der Waals surface area contributed by atoms with Gasteiger partial charge >= 0.3 is 0 Å². The second kappa shape index (κ2) is 6.88. The Morgan fingerprint density at radius 1 is 1.44 bits per heavy atom. The number of aromatic hydroxyl groups is 1. The van der Waals surface area contributed by atoms with Crippen molar-refractivity contribution >= 4 is 17.3 Å². The van der Waals surface area contributed by atoms with Gasteiger partial charge in [-0.1, -0.05) is 6.07 Å². The maximum atomic E-state index is 13.3. The molecule has 25 heavy (non-hydrogen) atoms. The lowest BCUT2D eigenvalue weighted by Crippen LogP contribution is -2.41. The van der Waals surface area contributed by atoms with E-state index in [2.05, 4.69) is 10.6 Å². The Hall–Kier alpha value is -2.96. The fraction of sp³-hybridized carbons (Fsp3) is 0.278. The summed E-state index contributed by atoms with van der Waals surface area (Å²) < 4.78 is 24.5. The van der Waals surface area contributed by atoms with Gasteiger partial charge in [0.05, 0.1) is 24.0 Å². The standard InChI is InChI=1S/C18H19FN2O4.H2/c1-10(2)24-17-13(4-3-5-14(17)22)21-18(23)16-9-20-12-7-6-11(19)8-15(12)25-16;/h3-8,10,16,20,22H,9H2,1-2H3,(H,21,23);1H. The quantitative estimate of drug-likeness (QED) is 0.789. The summed E-state index contributed by atoms with van der Waals surface area (Å²) >= 11 is 0. The van der Waals surface area contributed by atoms with Crippen LogP contribution in [0.5, 0.6) is 17.2 Å². The van der Waals surface area contributed by atoms with E-state index in [4.69, 9.17) is 9.47 Å².